The van der Waals surface area contributed by atoms with E-state index in [0.717, 1.165) is 30.6 Å². The summed E-state index contributed by atoms with van der Waals surface area (Å²) in [6.07, 6.45) is 1.85. The van der Waals surface area contributed by atoms with Gasteiger partial charge in [-0.1, -0.05) is 36.4 Å². The molecule has 2 N–H and O–H groups in total. The van der Waals surface area contributed by atoms with Crippen LogP contribution in [0.25, 0.3) is 11.3 Å². The van der Waals surface area contributed by atoms with Gasteiger partial charge in [0.2, 0.25) is 0 Å². The van der Waals surface area contributed by atoms with E-state index in [0.29, 0.717) is 53.3 Å². The first-order chi connectivity index (χ1) is 20.3. The summed E-state index contributed by atoms with van der Waals surface area (Å²) in [4.78, 5) is 42.5. The van der Waals surface area contributed by atoms with Gasteiger partial charge in [0.15, 0.2) is 0 Å². The summed E-state index contributed by atoms with van der Waals surface area (Å²) in [7, 11) is 5.37. The van der Waals surface area contributed by atoms with Crippen molar-refractivity contribution in [2.45, 2.75) is 18.9 Å². The summed E-state index contributed by atoms with van der Waals surface area (Å²) in [5.41, 5.74) is 4.83. The molecule has 1 saturated heterocycles. The second kappa shape index (κ2) is 13.0. The minimum absolute atomic E-state index is 0.000405. The molecule has 0 spiro atoms. The largest absolute Gasteiger partial charge is 0.465 e. The lowest BCUT2D eigenvalue weighted by atomic mass is 9.99. The topological polar surface area (TPSA) is 100 Å². The Morgan fingerprint density at radius 2 is 1.64 bits per heavy atom. The van der Waals surface area contributed by atoms with Gasteiger partial charge in [-0.3, -0.25) is 9.59 Å². The first kappa shape index (κ1) is 29.0. The normalized spacial score (nSPS) is 16.2. The molecule has 218 valence electrons. The maximum Gasteiger partial charge on any atom is 0.337 e. The van der Waals surface area contributed by atoms with Crippen LogP contribution in [-0.4, -0.2) is 81.1 Å². The number of rotatable bonds is 9. The van der Waals surface area contributed by atoms with Crippen LogP contribution in [0.3, 0.4) is 0 Å². The monoisotopic (exact) mass is 568 g/mol. The van der Waals surface area contributed by atoms with E-state index in [1.165, 1.54) is 7.11 Å². The Hall–Kier alpha value is -4.47. The second-order valence-corrected chi connectivity index (χ2v) is 10.7. The van der Waals surface area contributed by atoms with Crippen LogP contribution >= 0.6 is 0 Å². The van der Waals surface area contributed by atoms with Gasteiger partial charge in [-0.2, -0.15) is 0 Å². The van der Waals surface area contributed by atoms with Crippen LogP contribution < -0.4 is 10.6 Å². The summed E-state index contributed by atoms with van der Waals surface area (Å²) in [5.74, 6) is -0.752. The maximum atomic E-state index is 13.2. The highest BCUT2D eigenvalue weighted by Gasteiger charge is 2.30. The number of methoxy groups -OCH3 is 1. The number of benzene rings is 3. The van der Waals surface area contributed by atoms with Gasteiger partial charge in [0.25, 0.3) is 11.8 Å². The van der Waals surface area contributed by atoms with Crippen molar-refractivity contribution in [3.05, 3.63) is 95.1 Å². The lowest BCUT2D eigenvalue weighted by Gasteiger charge is -2.32. The van der Waals surface area contributed by atoms with E-state index < -0.39 is 5.97 Å². The fourth-order valence-corrected chi connectivity index (χ4v) is 5.20. The molecule has 0 atom stereocenters. The van der Waals surface area contributed by atoms with Crippen LogP contribution in [0.5, 0.6) is 0 Å². The van der Waals surface area contributed by atoms with Gasteiger partial charge in [0, 0.05) is 36.4 Å². The highest BCUT2D eigenvalue weighted by Crippen LogP contribution is 2.38. The molecule has 9 nitrogen and oxygen atoms in total. The number of carbonyl (C=O) groups is 3. The molecule has 0 aliphatic carbocycles. The van der Waals surface area contributed by atoms with E-state index in [9.17, 15) is 14.4 Å². The zero-order chi connectivity index (χ0) is 29.6. The number of carbonyl (C=O) groups excluding carboxylic acids is 3. The number of hydrogen-bond acceptors (Lipinski definition) is 7. The van der Waals surface area contributed by atoms with Crippen molar-refractivity contribution in [2.24, 2.45) is 0 Å². The van der Waals surface area contributed by atoms with Crippen LogP contribution in [0.2, 0.25) is 0 Å². The fourth-order valence-electron chi connectivity index (χ4n) is 5.20. The van der Waals surface area contributed by atoms with Crippen molar-refractivity contribution in [1.82, 2.24) is 9.80 Å². The SMILES string of the molecule is COC(=O)c1ccc2c(c1)NC(=O)/C2=C(\Nc1ccc(C(=O)N2CCC(OCCN(C)C)CC2)cc1)c1ccccc1. The van der Waals surface area contributed by atoms with E-state index in [-0.39, 0.29) is 17.9 Å². The molecule has 9 heteroatoms. The molecular weight excluding hydrogens is 532 g/mol. The van der Waals surface area contributed by atoms with E-state index in [1.54, 1.807) is 18.2 Å². The van der Waals surface area contributed by atoms with Crippen LogP contribution in [-0.2, 0) is 14.3 Å². The Morgan fingerprint density at radius 3 is 2.31 bits per heavy atom. The number of amides is 2. The van der Waals surface area contributed by atoms with E-state index in [1.807, 2.05) is 73.6 Å². The molecular formula is C33H36N4O5. The number of piperidine rings is 1. The molecule has 2 aliphatic rings. The number of anilines is 2. The molecule has 1 fully saturated rings. The number of likely N-dealkylation sites (tertiary alicyclic amines) is 1. The summed E-state index contributed by atoms with van der Waals surface area (Å²) < 4.78 is 10.8. The fraction of sp³-hybridized carbons (Fsp3) is 0.303. The molecule has 3 aromatic carbocycles. The predicted molar refractivity (Wildman–Crippen MR) is 163 cm³/mol. The zero-order valence-corrected chi connectivity index (χ0v) is 24.2. The minimum atomic E-state index is -0.474. The van der Waals surface area contributed by atoms with Crippen molar-refractivity contribution >= 4 is 40.4 Å². The standard InChI is InChI=1S/C33H36N4O5/c1-36(2)19-20-42-26-15-17-37(18-16-26)32(39)23-9-12-25(13-10-23)34-30(22-7-5-4-6-8-22)29-27-14-11-24(33(40)41-3)21-28(27)35-31(29)38/h4-14,21,26,34H,15-20H2,1-3H3,(H,35,38)/b30-29-. The highest BCUT2D eigenvalue weighted by atomic mass is 16.5. The van der Waals surface area contributed by atoms with Crippen molar-refractivity contribution in [2.75, 3.05) is 58.1 Å². The summed E-state index contributed by atoms with van der Waals surface area (Å²) in [6, 6.07) is 21.9. The maximum absolute atomic E-state index is 13.2. The first-order valence-corrected chi connectivity index (χ1v) is 14.1. The van der Waals surface area contributed by atoms with Crippen molar-refractivity contribution in [3.8, 4) is 0 Å². The number of nitrogens with one attached hydrogen (secondary N) is 2. The Morgan fingerprint density at radius 1 is 0.952 bits per heavy atom. The summed E-state index contributed by atoms with van der Waals surface area (Å²) in [5, 5.41) is 6.29. The number of likely N-dealkylation sites (N-methyl/N-ethyl adjacent to an activating group) is 1. The van der Waals surface area contributed by atoms with Gasteiger partial charge < -0.3 is 29.9 Å². The Balaban J connectivity index is 1.33. The van der Waals surface area contributed by atoms with E-state index in [4.69, 9.17) is 9.47 Å². The van der Waals surface area contributed by atoms with Crippen molar-refractivity contribution in [3.63, 3.8) is 0 Å². The molecule has 2 heterocycles. The smallest absolute Gasteiger partial charge is 0.337 e. The van der Waals surface area contributed by atoms with Gasteiger partial charge in [0.05, 0.1) is 42.3 Å². The molecule has 0 unspecified atom stereocenters. The van der Waals surface area contributed by atoms with Crippen molar-refractivity contribution < 1.29 is 23.9 Å². The summed E-state index contributed by atoms with van der Waals surface area (Å²) in [6.45, 7) is 2.92. The third kappa shape index (κ3) is 6.53. The van der Waals surface area contributed by atoms with Crippen LogP contribution in [0, 0.1) is 0 Å². The molecule has 42 heavy (non-hydrogen) atoms. The molecule has 0 aromatic heterocycles. The number of fused-ring (bicyclic) bond motifs is 1. The van der Waals surface area contributed by atoms with Crippen LogP contribution in [0.1, 0.15) is 44.7 Å². The highest BCUT2D eigenvalue weighted by molar-refractivity contribution is 6.37. The molecule has 2 amide bonds. The molecule has 2 aliphatic heterocycles. The Labute approximate surface area is 246 Å². The molecule has 0 saturated carbocycles. The third-order valence-corrected chi connectivity index (χ3v) is 7.52. The lowest BCUT2D eigenvalue weighted by molar-refractivity contribution is -0.110. The Kier molecular flexibility index (Phi) is 9.00. The lowest BCUT2D eigenvalue weighted by Crippen LogP contribution is -2.41. The van der Waals surface area contributed by atoms with Crippen molar-refractivity contribution in [1.29, 1.82) is 0 Å². The molecule has 0 radical (unpaired) electrons. The molecule has 3 aromatic rings. The number of hydrogen-bond donors (Lipinski definition) is 2. The predicted octanol–water partition coefficient (Wildman–Crippen LogP) is 4.59. The third-order valence-electron chi connectivity index (χ3n) is 7.52. The molecule has 5 rings (SSSR count). The second-order valence-electron chi connectivity index (χ2n) is 10.7. The van der Waals surface area contributed by atoms with E-state index >= 15 is 0 Å². The van der Waals surface area contributed by atoms with Gasteiger partial charge in [-0.15, -0.1) is 0 Å². The van der Waals surface area contributed by atoms with Gasteiger partial charge >= 0.3 is 5.97 Å². The zero-order valence-electron chi connectivity index (χ0n) is 24.2. The van der Waals surface area contributed by atoms with E-state index in [2.05, 4.69) is 15.5 Å². The van der Waals surface area contributed by atoms with Crippen LogP contribution in [0.15, 0.2) is 72.8 Å². The quantitative estimate of drug-likeness (QED) is 0.288. The Bertz CT molecular complexity index is 1480. The minimum Gasteiger partial charge on any atom is -0.465 e. The average Bonchev–Trinajstić information content (AvgIpc) is 3.34. The number of nitrogens with zero attached hydrogens (tertiary/aromatic N) is 2. The van der Waals surface area contributed by atoms with Gasteiger partial charge in [0.1, 0.15) is 0 Å². The number of ether oxygens (including phenoxy) is 2. The van der Waals surface area contributed by atoms with Gasteiger partial charge in [-0.25, -0.2) is 4.79 Å². The average molecular weight is 569 g/mol. The van der Waals surface area contributed by atoms with Crippen LogP contribution in [0.4, 0.5) is 11.4 Å². The first-order valence-electron chi connectivity index (χ1n) is 14.1. The summed E-state index contributed by atoms with van der Waals surface area (Å²) >= 11 is 0. The number of esters is 1. The van der Waals surface area contributed by atoms with Gasteiger partial charge in [-0.05, 0) is 68.9 Å². The molecule has 0 bridgehead atoms.